The lowest BCUT2D eigenvalue weighted by Crippen LogP contribution is -2.36. The summed E-state index contributed by atoms with van der Waals surface area (Å²) < 4.78 is 1.14. The molecule has 1 rings (SSSR count). The summed E-state index contributed by atoms with van der Waals surface area (Å²) in [6, 6.07) is 2.05. The van der Waals surface area contributed by atoms with Crippen molar-refractivity contribution in [3.05, 3.63) is 20.8 Å². The first-order chi connectivity index (χ1) is 8.04. The maximum absolute atomic E-state index is 11.7. The molecular formula is C12H19BrN2OS. The van der Waals surface area contributed by atoms with E-state index in [9.17, 15) is 4.79 Å². The van der Waals surface area contributed by atoms with Crippen LogP contribution in [0.2, 0.25) is 0 Å². The lowest BCUT2D eigenvalue weighted by atomic mass is 10.3. The standard InChI is InChI=1S/C12H19BrN2OS/c1-4-6-15(9-12(16)14(2)3)8-11-10(13)5-7-17-11/h5,7H,4,6,8-9H2,1-3H3. The number of thiophene rings is 1. The second-order valence-corrected chi connectivity index (χ2v) is 6.05. The van der Waals surface area contributed by atoms with Gasteiger partial charge in [-0.15, -0.1) is 11.3 Å². The summed E-state index contributed by atoms with van der Waals surface area (Å²) in [7, 11) is 3.60. The first-order valence-electron chi connectivity index (χ1n) is 5.69. The summed E-state index contributed by atoms with van der Waals surface area (Å²) in [5.41, 5.74) is 0. The first kappa shape index (κ1) is 14.7. The van der Waals surface area contributed by atoms with Crippen LogP contribution in [0.15, 0.2) is 15.9 Å². The number of carbonyl (C=O) groups excluding carboxylic acids is 1. The van der Waals surface area contributed by atoms with Crippen molar-refractivity contribution in [2.45, 2.75) is 19.9 Å². The number of hydrogen-bond donors (Lipinski definition) is 0. The number of halogens is 1. The van der Waals surface area contributed by atoms with E-state index in [1.54, 1.807) is 30.3 Å². The Morgan fingerprint density at radius 1 is 1.47 bits per heavy atom. The summed E-state index contributed by atoms with van der Waals surface area (Å²) in [5, 5.41) is 2.07. The van der Waals surface area contributed by atoms with Gasteiger partial charge in [-0.1, -0.05) is 6.92 Å². The Hall–Kier alpha value is -0.390. The van der Waals surface area contributed by atoms with Crippen LogP contribution in [0.3, 0.4) is 0 Å². The Morgan fingerprint density at radius 2 is 2.18 bits per heavy atom. The average molecular weight is 319 g/mol. The third-order valence-electron chi connectivity index (χ3n) is 2.46. The maximum Gasteiger partial charge on any atom is 0.236 e. The molecule has 3 nitrogen and oxygen atoms in total. The molecule has 96 valence electrons. The van der Waals surface area contributed by atoms with E-state index >= 15 is 0 Å². The first-order valence-corrected chi connectivity index (χ1v) is 7.36. The highest BCUT2D eigenvalue weighted by molar-refractivity contribution is 9.10. The van der Waals surface area contributed by atoms with Crippen LogP contribution in [0.5, 0.6) is 0 Å². The number of carbonyl (C=O) groups is 1. The van der Waals surface area contributed by atoms with Gasteiger partial charge in [-0.25, -0.2) is 0 Å². The summed E-state index contributed by atoms with van der Waals surface area (Å²) >= 11 is 5.26. The van der Waals surface area contributed by atoms with Gasteiger partial charge in [0.25, 0.3) is 0 Å². The van der Waals surface area contributed by atoms with Crippen LogP contribution >= 0.6 is 27.3 Å². The summed E-state index contributed by atoms with van der Waals surface area (Å²) in [5.74, 6) is 0.158. The molecule has 0 aliphatic heterocycles. The minimum Gasteiger partial charge on any atom is -0.348 e. The molecule has 0 N–H and O–H groups in total. The van der Waals surface area contributed by atoms with E-state index < -0.39 is 0 Å². The second kappa shape index (κ2) is 7.13. The number of nitrogens with zero attached hydrogens (tertiary/aromatic N) is 2. The van der Waals surface area contributed by atoms with Gasteiger partial charge in [0.2, 0.25) is 5.91 Å². The molecule has 0 radical (unpaired) electrons. The van der Waals surface area contributed by atoms with Gasteiger partial charge in [0.15, 0.2) is 0 Å². The fourth-order valence-corrected chi connectivity index (χ4v) is 3.02. The Kier molecular flexibility index (Phi) is 6.16. The second-order valence-electron chi connectivity index (χ2n) is 4.19. The molecular weight excluding hydrogens is 300 g/mol. The number of amides is 1. The molecule has 1 aromatic heterocycles. The van der Waals surface area contributed by atoms with Gasteiger partial charge in [0.1, 0.15) is 0 Å². The Morgan fingerprint density at radius 3 is 2.65 bits per heavy atom. The molecule has 0 aliphatic carbocycles. The number of rotatable bonds is 6. The van der Waals surface area contributed by atoms with Crippen molar-refractivity contribution < 1.29 is 4.79 Å². The van der Waals surface area contributed by atoms with Crippen molar-refractivity contribution in [2.24, 2.45) is 0 Å². The predicted molar refractivity (Wildman–Crippen MR) is 76.3 cm³/mol. The van der Waals surface area contributed by atoms with Crippen molar-refractivity contribution >= 4 is 33.2 Å². The SMILES string of the molecule is CCCN(CC(=O)N(C)C)Cc1sccc1Br. The van der Waals surface area contributed by atoms with Crippen LogP contribution in [0, 0.1) is 0 Å². The zero-order chi connectivity index (χ0) is 12.8. The summed E-state index contributed by atoms with van der Waals surface area (Å²) in [4.78, 5) is 16.8. The van der Waals surface area contributed by atoms with E-state index in [2.05, 4.69) is 39.2 Å². The molecule has 0 saturated heterocycles. The van der Waals surface area contributed by atoms with Gasteiger partial charge in [0, 0.05) is 30.0 Å². The third-order valence-corrected chi connectivity index (χ3v) is 4.37. The van der Waals surface area contributed by atoms with Crippen LogP contribution in [0.1, 0.15) is 18.2 Å². The van der Waals surface area contributed by atoms with Crippen LogP contribution in [-0.2, 0) is 11.3 Å². The summed E-state index contributed by atoms with van der Waals surface area (Å²) in [6.07, 6.45) is 1.06. The predicted octanol–water partition coefficient (Wildman–Crippen LogP) is 2.81. The molecule has 1 aromatic rings. The van der Waals surface area contributed by atoms with Crippen LogP contribution < -0.4 is 0 Å². The van der Waals surface area contributed by atoms with E-state index in [0.29, 0.717) is 6.54 Å². The highest BCUT2D eigenvalue weighted by atomic mass is 79.9. The fourth-order valence-electron chi connectivity index (χ4n) is 1.50. The zero-order valence-electron chi connectivity index (χ0n) is 10.6. The van der Waals surface area contributed by atoms with Gasteiger partial charge in [-0.2, -0.15) is 0 Å². The molecule has 0 saturated carbocycles. The molecule has 0 aromatic carbocycles. The Balaban J connectivity index is 2.60. The van der Waals surface area contributed by atoms with E-state index in [1.807, 2.05) is 0 Å². The molecule has 0 atom stereocenters. The topological polar surface area (TPSA) is 23.6 Å². The zero-order valence-corrected chi connectivity index (χ0v) is 13.0. The number of hydrogen-bond acceptors (Lipinski definition) is 3. The largest absolute Gasteiger partial charge is 0.348 e. The lowest BCUT2D eigenvalue weighted by Gasteiger charge is -2.22. The normalized spacial score (nSPS) is 10.9. The molecule has 5 heteroatoms. The Bertz CT molecular complexity index is 365. The van der Waals surface area contributed by atoms with Crippen molar-refractivity contribution in [2.75, 3.05) is 27.2 Å². The van der Waals surface area contributed by atoms with E-state index in [-0.39, 0.29) is 5.91 Å². The minimum absolute atomic E-state index is 0.158. The molecule has 0 fully saturated rings. The van der Waals surface area contributed by atoms with Gasteiger partial charge in [-0.05, 0) is 40.3 Å². The maximum atomic E-state index is 11.7. The Labute approximate surface area is 116 Å². The summed E-state index contributed by atoms with van der Waals surface area (Å²) in [6.45, 7) is 4.41. The highest BCUT2D eigenvalue weighted by Crippen LogP contribution is 2.24. The smallest absolute Gasteiger partial charge is 0.236 e. The molecule has 1 heterocycles. The molecule has 17 heavy (non-hydrogen) atoms. The number of likely N-dealkylation sites (N-methyl/N-ethyl adjacent to an activating group) is 1. The molecule has 0 aliphatic rings. The van der Waals surface area contributed by atoms with Gasteiger partial charge in [0.05, 0.1) is 6.54 Å². The molecule has 0 spiro atoms. The van der Waals surface area contributed by atoms with Crippen molar-refractivity contribution in [1.82, 2.24) is 9.80 Å². The van der Waals surface area contributed by atoms with E-state index in [4.69, 9.17) is 0 Å². The van der Waals surface area contributed by atoms with Crippen LogP contribution in [0.4, 0.5) is 0 Å². The molecule has 1 amide bonds. The van der Waals surface area contributed by atoms with Crippen LogP contribution in [-0.4, -0.2) is 42.9 Å². The monoisotopic (exact) mass is 318 g/mol. The van der Waals surface area contributed by atoms with Crippen molar-refractivity contribution in [3.63, 3.8) is 0 Å². The van der Waals surface area contributed by atoms with E-state index in [1.165, 1.54) is 4.88 Å². The average Bonchev–Trinajstić information content (AvgIpc) is 2.64. The van der Waals surface area contributed by atoms with Crippen molar-refractivity contribution in [1.29, 1.82) is 0 Å². The fraction of sp³-hybridized carbons (Fsp3) is 0.583. The quantitative estimate of drug-likeness (QED) is 0.805. The third kappa shape index (κ3) is 4.77. The van der Waals surface area contributed by atoms with Gasteiger partial charge >= 0.3 is 0 Å². The molecule has 0 bridgehead atoms. The van der Waals surface area contributed by atoms with Gasteiger partial charge in [-0.3, -0.25) is 9.69 Å². The van der Waals surface area contributed by atoms with Gasteiger partial charge < -0.3 is 4.90 Å². The minimum atomic E-state index is 0.158. The lowest BCUT2D eigenvalue weighted by molar-refractivity contribution is -0.130. The van der Waals surface area contributed by atoms with Crippen molar-refractivity contribution in [3.8, 4) is 0 Å². The highest BCUT2D eigenvalue weighted by Gasteiger charge is 2.13. The van der Waals surface area contributed by atoms with E-state index in [0.717, 1.165) is 24.0 Å². The molecule has 0 unspecified atom stereocenters. The van der Waals surface area contributed by atoms with Crippen LogP contribution in [0.25, 0.3) is 0 Å².